The van der Waals surface area contributed by atoms with Crippen molar-refractivity contribution in [2.24, 2.45) is 0 Å². The normalized spacial score (nSPS) is 13.9. The topological polar surface area (TPSA) is 0 Å². The average Bonchev–Trinajstić information content (AvgIpc) is 2.29. The van der Waals surface area contributed by atoms with Crippen LogP contribution in [0.3, 0.4) is 0 Å². The predicted molar refractivity (Wildman–Crippen MR) is 83.1 cm³/mol. The molecule has 0 bridgehead atoms. The van der Waals surface area contributed by atoms with Gasteiger partial charge >= 0.3 is 112 Å². The summed E-state index contributed by atoms with van der Waals surface area (Å²) in [6.45, 7) is 6.26. The Bertz CT molecular complexity index is 118. The van der Waals surface area contributed by atoms with Crippen molar-refractivity contribution < 1.29 is 0 Å². The summed E-state index contributed by atoms with van der Waals surface area (Å²) in [5.41, 5.74) is 0. The summed E-state index contributed by atoms with van der Waals surface area (Å²) in [6, 6.07) is 0. The second-order valence-corrected chi connectivity index (χ2v) is 18.6. The van der Waals surface area contributed by atoms with E-state index in [9.17, 15) is 0 Å². The molecule has 0 amide bonds. The van der Waals surface area contributed by atoms with Gasteiger partial charge in [-0.2, -0.15) is 0 Å². The SMILES string of the molecule is CCCC[PH](CCCC)(CCCC)P[TeH]. The summed E-state index contributed by atoms with van der Waals surface area (Å²) in [7, 11) is 0. The molecule has 0 aliphatic carbocycles. The molecule has 1 unspecified atom stereocenters. The summed E-state index contributed by atoms with van der Waals surface area (Å²) in [6.07, 6.45) is 13.7. The van der Waals surface area contributed by atoms with Gasteiger partial charge in [0.2, 0.25) is 0 Å². The first-order valence-electron chi connectivity index (χ1n) is 6.66. The van der Waals surface area contributed by atoms with E-state index < -0.39 is 6.95 Å². The second-order valence-electron chi connectivity index (χ2n) is 4.70. The van der Waals surface area contributed by atoms with Gasteiger partial charge in [0.25, 0.3) is 0 Å². The zero-order chi connectivity index (χ0) is 11.6. The van der Waals surface area contributed by atoms with Crippen LogP contribution in [0.25, 0.3) is 0 Å². The zero-order valence-electron chi connectivity index (χ0n) is 10.8. The van der Waals surface area contributed by atoms with Gasteiger partial charge in [0, 0.05) is 0 Å². The van der Waals surface area contributed by atoms with Crippen molar-refractivity contribution in [3.63, 3.8) is 0 Å². The molecule has 0 rings (SSSR count). The fourth-order valence-corrected chi connectivity index (χ4v) is 17.5. The third kappa shape index (κ3) is 7.55. The van der Waals surface area contributed by atoms with Crippen LogP contribution in [0.4, 0.5) is 0 Å². The first kappa shape index (κ1) is 16.6. The van der Waals surface area contributed by atoms with Crippen molar-refractivity contribution in [1.82, 2.24) is 0 Å². The number of unbranched alkanes of at least 4 members (excludes halogenated alkanes) is 3. The molecule has 0 heterocycles. The second kappa shape index (κ2) is 10.8. The van der Waals surface area contributed by atoms with Gasteiger partial charge in [0.05, 0.1) is 0 Å². The quantitative estimate of drug-likeness (QED) is 0.394. The fourth-order valence-electron chi connectivity index (χ4n) is 2.09. The number of rotatable bonds is 10. The van der Waals surface area contributed by atoms with Crippen molar-refractivity contribution in [3.8, 4) is 0 Å². The summed E-state index contributed by atoms with van der Waals surface area (Å²) >= 11 is 2.13. The molecular weight excluding hydrogens is 334 g/mol. The number of hydrogen-bond donors (Lipinski definition) is 0. The monoisotopic (exact) mass is 366 g/mol. The Morgan fingerprint density at radius 3 is 1.33 bits per heavy atom. The molecule has 0 saturated carbocycles. The Morgan fingerprint density at radius 1 is 0.800 bits per heavy atom. The van der Waals surface area contributed by atoms with Crippen LogP contribution in [-0.2, 0) is 0 Å². The molecule has 0 nitrogen and oxygen atoms in total. The summed E-state index contributed by atoms with van der Waals surface area (Å²) in [5, 5.41) is 0. The molecule has 0 aliphatic rings. The van der Waals surface area contributed by atoms with Gasteiger partial charge in [-0.25, -0.2) is 0 Å². The van der Waals surface area contributed by atoms with Crippen LogP contribution in [0.15, 0.2) is 0 Å². The molecule has 94 valence electrons. The van der Waals surface area contributed by atoms with Crippen LogP contribution in [0.1, 0.15) is 59.3 Å². The molecule has 0 aromatic carbocycles. The Balaban J connectivity index is 4.16. The van der Waals surface area contributed by atoms with Crippen LogP contribution in [0.2, 0.25) is 0 Å². The van der Waals surface area contributed by atoms with Crippen LogP contribution in [0.5, 0.6) is 0 Å². The van der Waals surface area contributed by atoms with Crippen LogP contribution in [-0.4, -0.2) is 40.2 Å². The molecule has 0 spiro atoms. The zero-order valence-corrected chi connectivity index (χ0v) is 15.4. The van der Waals surface area contributed by atoms with E-state index in [2.05, 4.69) is 42.5 Å². The molecule has 0 aliphatic heterocycles. The van der Waals surface area contributed by atoms with E-state index in [4.69, 9.17) is 0 Å². The van der Waals surface area contributed by atoms with E-state index in [0.717, 1.165) is 0 Å². The first-order valence-corrected chi connectivity index (χ1v) is 15.1. The van der Waals surface area contributed by atoms with E-state index in [-0.39, 0.29) is 0 Å². The molecule has 0 saturated heterocycles. The van der Waals surface area contributed by atoms with Gasteiger partial charge < -0.3 is 0 Å². The molecule has 15 heavy (non-hydrogen) atoms. The average molecular weight is 364 g/mol. The number of hydrogen-bond acceptors (Lipinski definition) is 0. The summed E-state index contributed by atoms with van der Waals surface area (Å²) in [4.78, 5) is 0. The van der Waals surface area contributed by atoms with Crippen molar-refractivity contribution in [2.45, 2.75) is 59.3 Å². The van der Waals surface area contributed by atoms with Gasteiger partial charge in [-0.05, 0) is 0 Å². The van der Waals surface area contributed by atoms with Crippen molar-refractivity contribution in [1.29, 1.82) is 0 Å². The minimum absolute atomic E-state index is 0.782. The van der Waals surface area contributed by atoms with Crippen LogP contribution < -0.4 is 0 Å². The Hall–Kier alpha value is 1.65. The molecule has 0 aromatic rings. The third-order valence-electron chi connectivity index (χ3n) is 3.26. The van der Waals surface area contributed by atoms with Crippen molar-refractivity contribution in [2.75, 3.05) is 18.5 Å². The van der Waals surface area contributed by atoms with Crippen LogP contribution in [0, 0.1) is 0 Å². The summed E-state index contributed by atoms with van der Waals surface area (Å²) < 4.78 is 0. The van der Waals surface area contributed by atoms with Gasteiger partial charge in [-0.3, -0.25) is 0 Å². The molecule has 0 fully saturated rings. The van der Waals surface area contributed by atoms with Gasteiger partial charge in [-0.15, -0.1) is 0 Å². The first-order chi connectivity index (χ1) is 7.24. The fraction of sp³-hybridized carbons (Fsp3) is 1.00. The standard InChI is InChI=1S/C12H30P2Te/c1-4-7-10-14(13-15,11-8-5-2)12-9-6-3/h13-15H,4-12H2,1-3H3. The third-order valence-corrected chi connectivity index (χ3v) is 23.5. The van der Waals surface area contributed by atoms with Gasteiger partial charge in [0.1, 0.15) is 0 Å². The molecule has 3 heteroatoms. The van der Waals surface area contributed by atoms with Crippen molar-refractivity contribution >= 4 is 34.7 Å². The van der Waals surface area contributed by atoms with Gasteiger partial charge in [0.15, 0.2) is 0 Å². The van der Waals surface area contributed by atoms with Crippen LogP contribution >= 0.6 is 12.9 Å². The van der Waals surface area contributed by atoms with E-state index in [1.807, 2.05) is 0 Å². The van der Waals surface area contributed by atoms with E-state index in [1.54, 1.807) is 18.5 Å². The summed E-state index contributed by atoms with van der Waals surface area (Å²) in [5.74, 6) is 1.34. The molecule has 0 aromatic heterocycles. The molecular formula is C12H30P2Te. The maximum atomic E-state index is 2.35. The maximum absolute atomic E-state index is 2.35. The Morgan fingerprint density at radius 2 is 1.13 bits per heavy atom. The molecule has 0 N–H and O–H groups in total. The van der Waals surface area contributed by atoms with Crippen molar-refractivity contribution in [3.05, 3.63) is 0 Å². The Kier molecular flexibility index (Phi) is 12.0. The van der Waals surface area contributed by atoms with E-state index in [0.29, 0.717) is 0 Å². The van der Waals surface area contributed by atoms with E-state index in [1.165, 1.54) is 44.5 Å². The molecule has 1 atom stereocenters. The predicted octanol–water partition coefficient (Wildman–Crippen LogP) is 4.55. The Labute approximate surface area is 112 Å². The van der Waals surface area contributed by atoms with Gasteiger partial charge in [-0.1, -0.05) is 0 Å². The van der Waals surface area contributed by atoms with E-state index >= 15 is 0 Å². The minimum atomic E-state index is -0.782. The molecule has 0 radical (unpaired) electrons.